The van der Waals surface area contributed by atoms with Gasteiger partial charge >= 0.3 is 6.18 Å². The lowest BCUT2D eigenvalue weighted by atomic mass is 9.90. The normalized spacial score (nSPS) is 21.9. The highest BCUT2D eigenvalue weighted by Gasteiger charge is 2.42. The summed E-state index contributed by atoms with van der Waals surface area (Å²) in [6.45, 7) is 3.23. The first-order valence-electron chi connectivity index (χ1n) is 12.6. The summed E-state index contributed by atoms with van der Waals surface area (Å²) in [5.74, 6) is -0.769. The van der Waals surface area contributed by atoms with Crippen molar-refractivity contribution in [2.24, 2.45) is 5.73 Å². The van der Waals surface area contributed by atoms with Crippen molar-refractivity contribution in [3.63, 3.8) is 0 Å². The number of likely N-dealkylation sites (tertiary alicyclic amines) is 2. The first-order valence-corrected chi connectivity index (χ1v) is 12.6. The minimum Gasteiger partial charge on any atom is -0.368 e. The largest absolute Gasteiger partial charge is 0.416 e. The zero-order valence-corrected chi connectivity index (χ0v) is 20.4. The van der Waals surface area contributed by atoms with E-state index in [9.17, 15) is 22.4 Å². The van der Waals surface area contributed by atoms with E-state index in [-0.39, 0.29) is 23.7 Å². The third-order valence-corrected chi connectivity index (χ3v) is 7.68. The molecule has 1 amide bonds. The minimum absolute atomic E-state index is 0.101. The molecule has 0 saturated carbocycles. The van der Waals surface area contributed by atoms with Crippen LogP contribution in [0.5, 0.6) is 0 Å². The fraction of sp³-hybridized carbons (Fsp3) is 0.393. The molecule has 2 saturated heterocycles. The predicted octanol–water partition coefficient (Wildman–Crippen LogP) is 4.94. The van der Waals surface area contributed by atoms with E-state index >= 15 is 0 Å². The van der Waals surface area contributed by atoms with Gasteiger partial charge in [-0.05, 0) is 92.5 Å². The van der Waals surface area contributed by atoms with Crippen LogP contribution in [0, 0.1) is 5.82 Å². The molecule has 2 aromatic carbocycles. The number of amides is 1. The van der Waals surface area contributed by atoms with Gasteiger partial charge in [0, 0.05) is 36.6 Å². The summed E-state index contributed by atoms with van der Waals surface area (Å²) < 4.78 is 54.1. The SMILES string of the molecule is NC(=O)C1C(c2cccc(F)c2)CCN1C1CCN(Cc2ccn(-c3ccc(C(F)(F)F)cc3)c2)CC1. The summed E-state index contributed by atoms with van der Waals surface area (Å²) in [7, 11) is 0. The molecule has 2 N–H and O–H groups in total. The molecule has 3 heterocycles. The van der Waals surface area contributed by atoms with Crippen molar-refractivity contribution in [3.05, 3.63) is 89.5 Å². The first kappa shape index (κ1) is 25.5. The van der Waals surface area contributed by atoms with Gasteiger partial charge in [-0.15, -0.1) is 0 Å². The quantitative estimate of drug-likeness (QED) is 0.474. The van der Waals surface area contributed by atoms with Crippen LogP contribution in [0.2, 0.25) is 0 Å². The molecule has 2 aliphatic rings. The van der Waals surface area contributed by atoms with E-state index in [0.717, 1.165) is 68.7 Å². The lowest BCUT2D eigenvalue weighted by Gasteiger charge is -2.39. The monoisotopic (exact) mass is 514 g/mol. The lowest BCUT2D eigenvalue weighted by molar-refractivity contribution is -0.137. The van der Waals surface area contributed by atoms with Gasteiger partial charge in [-0.3, -0.25) is 14.6 Å². The maximum atomic E-state index is 13.8. The number of rotatable bonds is 6. The Labute approximate surface area is 213 Å². The Hall–Kier alpha value is -3.17. The van der Waals surface area contributed by atoms with Crippen LogP contribution in [0.1, 0.15) is 41.9 Å². The average Bonchev–Trinajstić information content (AvgIpc) is 3.52. The summed E-state index contributed by atoms with van der Waals surface area (Å²) in [5.41, 5.74) is 7.75. The zero-order valence-electron chi connectivity index (χ0n) is 20.4. The third kappa shape index (κ3) is 5.57. The van der Waals surface area contributed by atoms with Crippen molar-refractivity contribution in [1.82, 2.24) is 14.4 Å². The molecule has 2 fully saturated rings. The molecular weight excluding hydrogens is 484 g/mol. The Morgan fingerprint density at radius 2 is 1.70 bits per heavy atom. The molecule has 0 radical (unpaired) electrons. The number of carbonyl (C=O) groups is 1. The van der Waals surface area contributed by atoms with Gasteiger partial charge in [-0.1, -0.05) is 12.1 Å². The standard InChI is InChI=1S/C28H30F4N4O/c29-22-3-1-2-20(16-22)25-11-15-36(26(25)27(33)37)24-9-12-34(13-10-24)17-19-8-14-35(18-19)23-6-4-21(5-7-23)28(30,31)32/h1-8,14,16,18,24-26H,9-13,15,17H2,(H2,33,37). The molecule has 0 aliphatic carbocycles. The fourth-order valence-electron chi connectivity index (χ4n) is 5.86. The smallest absolute Gasteiger partial charge is 0.368 e. The summed E-state index contributed by atoms with van der Waals surface area (Å²) >= 11 is 0. The van der Waals surface area contributed by atoms with Crippen LogP contribution in [-0.2, 0) is 17.5 Å². The number of hydrogen-bond acceptors (Lipinski definition) is 3. The number of aromatic nitrogens is 1. The van der Waals surface area contributed by atoms with E-state index in [1.807, 2.05) is 29.1 Å². The summed E-state index contributed by atoms with van der Waals surface area (Å²) in [6, 6.07) is 13.4. The highest BCUT2D eigenvalue weighted by Crippen LogP contribution is 2.37. The topological polar surface area (TPSA) is 54.5 Å². The number of hydrogen-bond donors (Lipinski definition) is 1. The molecule has 2 atom stereocenters. The molecule has 196 valence electrons. The Morgan fingerprint density at radius 3 is 2.35 bits per heavy atom. The van der Waals surface area contributed by atoms with Crippen LogP contribution in [0.3, 0.4) is 0 Å². The van der Waals surface area contributed by atoms with Crippen molar-refractivity contribution in [3.8, 4) is 5.69 Å². The van der Waals surface area contributed by atoms with Gasteiger partial charge < -0.3 is 10.3 Å². The number of primary amides is 1. The zero-order chi connectivity index (χ0) is 26.2. The second-order valence-corrected chi connectivity index (χ2v) is 10.0. The summed E-state index contributed by atoms with van der Waals surface area (Å²) in [4.78, 5) is 17.0. The molecule has 5 nitrogen and oxygen atoms in total. The van der Waals surface area contributed by atoms with Gasteiger partial charge in [-0.2, -0.15) is 13.2 Å². The fourth-order valence-corrected chi connectivity index (χ4v) is 5.86. The number of nitrogens with two attached hydrogens (primary N) is 1. The van der Waals surface area contributed by atoms with Crippen LogP contribution in [0.15, 0.2) is 67.0 Å². The van der Waals surface area contributed by atoms with Crippen LogP contribution >= 0.6 is 0 Å². The number of benzene rings is 2. The molecule has 2 unspecified atom stereocenters. The molecule has 1 aromatic heterocycles. The van der Waals surface area contributed by atoms with E-state index < -0.39 is 17.8 Å². The lowest BCUT2D eigenvalue weighted by Crippen LogP contribution is -2.51. The summed E-state index contributed by atoms with van der Waals surface area (Å²) in [6.07, 6.45) is 2.04. The van der Waals surface area contributed by atoms with Crippen LogP contribution in [0.25, 0.3) is 5.69 Å². The average molecular weight is 515 g/mol. The van der Waals surface area contributed by atoms with Crippen LogP contribution in [0.4, 0.5) is 17.6 Å². The van der Waals surface area contributed by atoms with Gasteiger partial charge in [-0.25, -0.2) is 4.39 Å². The number of piperidine rings is 1. The van der Waals surface area contributed by atoms with Crippen LogP contribution in [-0.4, -0.2) is 52.0 Å². The molecule has 3 aromatic rings. The number of alkyl halides is 3. The maximum Gasteiger partial charge on any atom is 0.416 e. The molecule has 0 bridgehead atoms. The maximum absolute atomic E-state index is 13.8. The van der Waals surface area contributed by atoms with Gasteiger partial charge in [0.15, 0.2) is 0 Å². The van der Waals surface area contributed by atoms with Gasteiger partial charge in [0.25, 0.3) is 0 Å². The Bertz CT molecular complexity index is 1230. The number of carbonyl (C=O) groups excluding carboxylic acids is 1. The van der Waals surface area contributed by atoms with Crippen molar-refractivity contribution in [1.29, 1.82) is 0 Å². The third-order valence-electron chi connectivity index (χ3n) is 7.68. The Morgan fingerprint density at radius 1 is 0.973 bits per heavy atom. The Balaban J connectivity index is 1.18. The van der Waals surface area contributed by atoms with Crippen molar-refractivity contribution < 1.29 is 22.4 Å². The molecule has 37 heavy (non-hydrogen) atoms. The van der Waals surface area contributed by atoms with E-state index in [1.165, 1.54) is 24.3 Å². The highest BCUT2D eigenvalue weighted by molar-refractivity contribution is 5.81. The van der Waals surface area contributed by atoms with Gasteiger partial charge in [0.05, 0.1) is 11.6 Å². The van der Waals surface area contributed by atoms with E-state index in [0.29, 0.717) is 5.69 Å². The Kier molecular flexibility index (Phi) is 7.09. The molecule has 2 aliphatic heterocycles. The van der Waals surface area contributed by atoms with E-state index in [1.54, 1.807) is 6.07 Å². The second-order valence-electron chi connectivity index (χ2n) is 10.0. The first-order chi connectivity index (χ1) is 17.7. The molecular formula is C28H30F4N4O. The minimum atomic E-state index is -4.35. The number of halogens is 4. The van der Waals surface area contributed by atoms with Gasteiger partial charge in [0.2, 0.25) is 5.91 Å². The highest BCUT2D eigenvalue weighted by atomic mass is 19.4. The van der Waals surface area contributed by atoms with Crippen LogP contribution < -0.4 is 5.73 Å². The van der Waals surface area contributed by atoms with Crippen molar-refractivity contribution >= 4 is 5.91 Å². The molecule has 5 rings (SSSR count). The second kappa shape index (κ2) is 10.3. The summed E-state index contributed by atoms with van der Waals surface area (Å²) in [5, 5.41) is 0. The van der Waals surface area contributed by atoms with Gasteiger partial charge in [0.1, 0.15) is 5.82 Å². The molecule has 0 spiro atoms. The van der Waals surface area contributed by atoms with E-state index in [4.69, 9.17) is 5.73 Å². The molecule has 9 heteroatoms. The van der Waals surface area contributed by atoms with E-state index in [2.05, 4.69) is 9.80 Å². The van der Waals surface area contributed by atoms with Crippen molar-refractivity contribution in [2.45, 2.75) is 50.0 Å². The van der Waals surface area contributed by atoms with Crippen molar-refractivity contribution in [2.75, 3.05) is 19.6 Å². The number of nitrogens with zero attached hydrogens (tertiary/aromatic N) is 3. The predicted molar refractivity (Wildman–Crippen MR) is 133 cm³/mol.